The molecule has 2 fully saturated rings. The molecule has 0 bridgehead atoms. The number of carbonyl (C=O) groups is 2. The number of aryl methyl sites for hydroxylation is 1. The van der Waals surface area contributed by atoms with Crippen molar-refractivity contribution in [3.8, 4) is 0 Å². The lowest BCUT2D eigenvalue weighted by atomic mass is 9.72. The first kappa shape index (κ1) is 19.6. The summed E-state index contributed by atoms with van der Waals surface area (Å²) in [4.78, 5) is 33.1. The van der Waals surface area contributed by atoms with Crippen LogP contribution in [0.25, 0.3) is 0 Å². The van der Waals surface area contributed by atoms with Gasteiger partial charge in [0.05, 0.1) is 6.20 Å². The normalized spacial score (nSPS) is 19.0. The highest BCUT2D eigenvalue weighted by molar-refractivity contribution is 5.77. The molecule has 0 radical (unpaired) electrons. The molecule has 29 heavy (non-hydrogen) atoms. The second-order valence-electron chi connectivity index (χ2n) is 8.45. The van der Waals surface area contributed by atoms with Crippen LogP contribution in [0.4, 0.5) is 0 Å². The quantitative estimate of drug-likeness (QED) is 0.815. The number of amides is 2. The molecule has 2 aliphatic heterocycles. The van der Waals surface area contributed by atoms with Crippen molar-refractivity contribution in [2.24, 2.45) is 5.41 Å². The number of aromatic amines is 1. The number of piperidine rings is 2. The Morgan fingerprint density at radius 2 is 1.93 bits per heavy atom. The summed E-state index contributed by atoms with van der Waals surface area (Å²) in [5.74, 6) is 0.495. The lowest BCUT2D eigenvalue weighted by Crippen LogP contribution is -2.52. The molecule has 0 aromatic carbocycles. The van der Waals surface area contributed by atoms with Gasteiger partial charge in [-0.1, -0.05) is 0 Å². The van der Waals surface area contributed by atoms with E-state index >= 15 is 0 Å². The van der Waals surface area contributed by atoms with Gasteiger partial charge in [0.1, 0.15) is 0 Å². The second kappa shape index (κ2) is 8.76. The van der Waals surface area contributed by atoms with E-state index in [0.29, 0.717) is 19.4 Å². The highest BCUT2D eigenvalue weighted by Gasteiger charge is 2.41. The number of carbonyl (C=O) groups excluding carboxylic acids is 2. The number of likely N-dealkylation sites (tertiary alicyclic amines) is 2. The fourth-order valence-corrected chi connectivity index (χ4v) is 4.61. The molecule has 7 heteroatoms. The molecule has 1 N–H and O–H groups in total. The van der Waals surface area contributed by atoms with Crippen molar-refractivity contribution in [3.05, 3.63) is 48.0 Å². The van der Waals surface area contributed by atoms with E-state index in [-0.39, 0.29) is 17.2 Å². The van der Waals surface area contributed by atoms with Crippen LogP contribution in [0.3, 0.4) is 0 Å². The van der Waals surface area contributed by atoms with Crippen molar-refractivity contribution >= 4 is 11.8 Å². The van der Waals surface area contributed by atoms with Crippen LogP contribution in [0.15, 0.2) is 36.9 Å². The summed E-state index contributed by atoms with van der Waals surface area (Å²) in [5.41, 5.74) is 2.43. The maximum absolute atomic E-state index is 12.6. The number of H-pyrrole nitrogens is 1. The van der Waals surface area contributed by atoms with E-state index in [9.17, 15) is 9.59 Å². The second-order valence-corrected chi connectivity index (χ2v) is 8.45. The summed E-state index contributed by atoms with van der Waals surface area (Å²) in [7, 11) is 0. The third-order valence-electron chi connectivity index (χ3n) is 6.46. The first-order chi connectivity index (χ1) is 14.1. The third kappa shape index (κ3) is 4.83. The first-order valence-corrected chi connectivity index (χ1v) is 10.6. The Morgan fingerprint density at radius 3 is 2.66 bits per heavy atom. The molecule has 4 heterocycles. The van der Waals surface area contributed by atoms with Gasteiger partial charge in [-0.05, 0) is 60.8 Å². The van der Waals surface area contributed by atoms with Crippen LogP contribution < -0.4 is 0 Å². The standard InChI is InChI=1S/C22H29N5O2/c28-20(3-1-2-19-14-24-25-15-19)26-12-8-22(9-13-26)7-4-21(29)27(17-22)16-18-5-10-23-11-6-18/h5-6,10-11,14-15H,1-4,7-9,12-13,16-17H2,(H,24,25). The summed E-state index contributed by atoms with van der Waals surface area (Å²) in [6.07, 6.45) is 13.1. The SMILES string of the molecule is O=C(CCCc1cn[nH]c1)N1CCC2(CCC(=O)N(Cc3ccncc3)C2)CC1. The smallest absolute Gasteiger partial charge is 0.222 e. The van der Waals surface area contributed by atoms with Crippen LogP contribution in [0, 0.1) is 5.41 Å². The minimum atomic E-state index is 0.161. The van der Waals surface area contributed by atoms with Gasteiger partial charge in [0.15, 0.2) is 0 Å². The molecule has 2 saturated heterocycles. The molecule has 0 unspecified atom stereocenters. The van der Waals surface area contributed by atoms with Gasteiger partial charge in [-0.15, -0.1) is 0 Å². The van der Waals surface area contributed by atoms with Crippen LogP contribution >= 0.6 is 0 Å². The van der Waals surface area contributed by atoms with Gasteiger partial charge >= 0.3 is 0 Å². The molecule has 2 aromatic heterocycles. The van der Waals surface area contributed by atoms with Gasteiger partial charge < -0.3 is 9.80 Å². The molecule has 2 amide bonds. The number of aromatic nitrogens is 3. The molecule has 0 atom stereocenters. The summed E-state index contributed by atoms with van der Waals surface area (Å²) in [6.45, 7) is 3.07. The average Bonchev–Trinajstić information content (AvgIpc) is 3.26. The molecule has 2 aromatic rings. The fourth-order valence-electron chi connectivity index (χ4n) is 4.61. The Kier molecular flexibility index (Phi) is 5.92. The summed E-state index contributed by atoms with van der Waals surface area (Å²) in [6, 6.07) is 3.94. The molecular weight excluding hydrogens is 366 g/mol. The first-order valence-electron chi connectivity index (χ1n) is 10.6. The number of nitrogens with zero attached hydrogens (tertiary/aromatic N) is 4. The topological polar surface area (TPSA) is 82.2 Å². The zero-order chi connectivity index (χ0) is 20.1. The van der Waals surface area contributed by atoms with E-state index in [0.717, 1.165) is 62.9 Å². The van der Waals surface area contributed by atoms with E-state index in [1.807, 2.05) is 34.3 Å². The number of hydrogen-bond donors (Lipinski definition) is 1. The minimum Gasteiger partial charge on any atom is -0.343 e. The van der Waals surface area contributed by atoms with Crippen LogP contribution in [-0.2, 0) is 22.6 Å². The van der Waals surface area contributed by atoms with Crippen LogP contribution in [0.5, 0.6) is 0 Å². The zero-order valence-electron chi connectivity index (χ0n) is 16.8. The molecule has 0 aliphatic carbocycles. The Bertz CT molecular complexity index is 813. The van der Waals surface area contributed by atoms with Gasteiger partial charge in [0.25, 0.3) is 0 Å². The zero-order valence-corrected chi connectivity index (χ0v) is 16.8. The van der Waals surface area contributed by atoms with E-state index in [1.165, 1.54) is 0 Å². The Balaban J connectivity index is 1.27. The third-order valence-corrected chi connectivity index (χ3v) is 6.46. The molecule has 4 rings (SSSR count). The van der Waals surface area contributed by atoms with Gasteiger partial charge in [-0.25, -0.2) is 0 Å². The Hall–Kier alpha value is -2.70. The minimum absolute atomic E-state index is 0.161. The molecule has 0 saturated carbocycles. The van der Waals surface area contributed by atoms with Crippen molar-refractivity contribution in [1.29, 1.82) is 0 Å². The van der Waals surface area contributed by atoms with Crippen molar-refractivity contribution in [2.75, 3.05) is 19.6 Å². The number of pyridine rings is 1. The highest BCUT2D eigenvalue weighted by Crippen LogP contribution is 2.40. The van der Waals surface area contributed by atoms with Gasteiger partial charge in [-0.2, -0.15) is 5.10 Å². The van der Waals surface area contributed by atoms with E-state index in [2.05, 4.69) is 15.2 Å². The van der Waals surface area contributed by atoms with Crippen molar-refractivity contribution < 1.29 is 9.59 Å². The Morgan fingerprint density at radius 1 is 1.14 bits per heavy atom. The maximum Gasteiger partial charge on any atom is 0.222 e. The molecule has 2 aliphatic rings. The fraction of sp³-hybridized carbons (Fsp3) is 0.545. The van der Waals surface area contributed by atoms with E-state index in [1.54, 1.807) is 12.4 Å². The number of nitrogens with one attached hydrogen (secondary N) is 1. The summed E-state index contributed by atoms with van der Waals surface area (Å²) < 4.78 is 0. The van der Waals surface area contributed by atoms with Crippen molar-refractivity contribution in [2.45, 2.75) is 51.5 Å². The van der Waals surface area contributed by atoms with Crippen LogP contribution in [-0.4, -0.2) is 56.4 Å². The van der Waals surface area contributed by atoms with Gasteiger partial charge in [0.2, 0.25) is 11.8 Å². The predicted octanol–water partition coefficient (Wildman–Crippen LogP) is 2.56. The average molecular weight is 396 g/mol. The molecule has 7 nitrogen and oxygen atoms in total. The molecule has 154 valence electrons. The lowest BCUT2D eigenvalue weighted by molar-refractivity contribution is -0.143. The van der Waals surface area contributed by atoms with E-state index < -0.39 is 0 Å². The lowest BCUT2D eigenvalue weighted by Gasteiger charge is -2.47. The van der Waals surface area contributed by atoms with Gasteiger partial charge in [0, 0.05) is 57.6 Å². The maximum atomic E-state index is 12.6. The van der Waals surface area contributed by atoms with Crippen molar-refractivity contribution in [1.82, 2.24) is 25.0 Å². The van der Waals surface area contributed by atoms with Crippen molar-refractivity contribution in [3.63, 3.8) is 0 Å². The summed E-state index contributed by atoms with van der Waals surface area (Å²) >= 11 is 0. The molecular formula is C22H29N5O2. The Labute approximate surface area is 171 Å². The monoisotopic (exact) mass is 395 g/mol. The largest absolute Gasteiger partial charge is 0.343 e. The number of rotatable bonds is 6. The van der Waals surface area contributed by atoms with Gasteiger partial charge in [-0.3, -0.25) is 19.7 Å². The summed E-state index contributed by atoms with van der Waals surface area (Å²) in [5, 5.41) is 6.75. The van der Waals surface area contributed by atoms with Crippen LogP contribution in [0.2, 0.25) is 0 Å². The van der Waals surface area contributed by atoms with E-state index in [4.69, 9.17) is 0 Å². The number of hydrogen-bond acceptors (Lipinski definition) is 4. The van der Waals surface area contributed by atoms with Crippen LogP contribution in [0.1, 0.15) is 49.7 Å². The predicted molar refractivity (Wildman–Crippen MR) is 109 cm³/mol. The highest BCUT2D eigenvalue weighted by atomic mass is 16.2. The molecule has 1 spiro atoms.